The number of para-hydroxylation sites is 2. The lowest BCUT2D eigenvalue weighted by molar-refractivity contribution is 0.0430. The summed E-state index contributed by atoms with van der Waals surface area (Å²) in [5.74, 6) is 1.46. The molecule has 2 fully saturated rings. The standard InChI is InChI=1S/C24H30N2O4/c27-24(26-14-12-25(13-15-26)19-21-9-6-16-28-21)22-10-4-5-11-23(22)30-18-17-29-20-7-2-1-3-8-20/h1-5,7-8,10-11,21H,6,9,12-19H2/t21-/m1/s1. The monoisotopic (exact) mass is 410 g/mol. The highest BCUT2D eigenvalue weighted by atomic mass is 16.5. The van der Waals surface area contributed by atoms with E-state index in [9.17, 15) is 4.79 Å². The van der Waals surface area contributed by atoms with Crippen molar-refractivity contribution in [3.8, 4) is 11.5 Å². The lowest BCUT2D eigenvalue weighted by atomic mass is 10.1. The Labute approximate surface area is 178 Å². The van der Waals surface area contributed by atoms with Gasteiger partial charge in [-0.1, -0.05) is 30.3 Å². The Balaban J connectivity index is 1.26. The number of carbonyl (C=O) groups excluding carboxylic acids is 1. The van der Waals surface area contributed by atoms with Gasteiger partial charge in [-0.2, -0.15) is 0 Å². The zero-order valence-electron chi connectivity index (χ0n) is 17.4. The summed E-state index contributed by atoms with van der Waals surface area (Å²) in [5, 5.41) is 0. The highest BCUT2D eigenvalue weighted by molar-refractivity contribution is 5.97. The van der Waals surface area contributed by atoms with Crippen molar-refractivity contribution in [2.24, 2.45) is 0 Å². The van der Waals surface area contributed by atoms with Gasteiger partial charge in [-0.25, -0.2) is 0 Å². The molecule has 30 heavy (non-hydrogen) atoms. The molecule has 0 unspecified atom stereocenters. The Bertz CT molecular complexity index is 800. The highest BCUT2D eigenvalue weighted by Gasteiger charge is 2.26. The average molecular weight is 411 g/mol. The molecule has 0 spiro atoms. The maximum Gasteiger partial charge on any atom is 0.257 e. The Morgan fingerprint density at radius 3 is 2.43 bits per heavy atom. The van der Waals surface area contributed by atoms with Crippen LogP contribution in [0.1, 0.15) is 23.2 Å². The van der Waals surface area contributed by atoms with Gasteiger partial charge in [0, 0.05) is 39.3 Å². The van der Waals surface area contributed by atoms with Crippen LogP contribution in [0, 0.1) is 0 Å². The lowest BCUT2D eigenvalue weighted by Gasteiger charge is -2.36. The maximum atomic E-state index is 13.1. The van der Waals surface area contributed by atoms with E-state index >= 15 is 0 Å². The smallest absolute Gasteiger partial charge is 0.257 e. The molecule has 2 saturated heterocycles. The predicted octanol–water partition coefficient (Wildman–Crippen LogP) is 3.08. The van der Waals surface area contributed by atoms with Crippen LogP contribution < -0.4 is 9.47 Å². The van der Waals surface area contributed by atoms with Crippen LogP contribution in [0.3, 0.4) is 0 Å². The normalized spacial score (nSPS) is 19.6. The first-order valence-electron chi connectivity index (χ1n) is 10.8. The number of benzene rings is 2. The van der Waals surface area contributed by atoms with Gasteiger partial charge in [0.05, 0.1) is 11.7 Å². The Morgan fingerprint density at radius 2 is 1.67 bits per heavy atom. The number of ether oxygens (including phenoxy) is 3. The van der Waals surface area contributed by atoms with Gasteiger partial charge in [0.25, 0.3) is 5.91 Å². The van der Waals surface area contributed by atoms with Crippen molar-refractivity contribution in [2.75, 3.05) is 52.5 Å². The fraction of sp³-hybridized carbons (Fsp3) is 0.458. The van der Waals surface area contributed by atoms with Crippen molar-refractivity contribution >= 4 is 5.91 Å². The van der Waals surface area contributed by atoms with Crippen LogP contribution in [0.4, 0.5) is 0 Å². The third-order valence-electron chi connectivity index (χ3n) is 5.62. The van der Waals surface area contributed by atoms with Gasteiger partial charge < -0.3 is 19.1 Å². The van der Waals surface area contributed by atoms with Gasteiger partial charge in [0.2, 0.25) is 0 Å². The number of hydrogen-bond donors (Lipinski definition) is 0. The molecule has 1 amide bonds. The van der Waals surface area contributed by atoms with Crippen molar-refractivity contribution in [3.63, 3.8) is 0 Å². The SMILES string of the molecule is O=C(c1ccccc1OCCOc1ccccc1)N1CCN(C[C@H]2CCCO2)CC1. The summed E-state index contributed by atoms with van der Waals surface area (Å²) < 4.78 is 17.3. The molecule has 2 aliphatic heterocycles. The number of amides is 1. The van der Waals surface area contributed by atoms with Crippen LogP contribution in [-0.4, -0.2) is 74.4 Å². The van der Waals surface area contributed by atoms with Crippen molar-refractivity contribution in [1.29, 1.82) is 0 Å². The van der Waals surface area contributed by atoms with E-state index in [2.05, 4.69) is 4.90 Å². The quantitative estimate of drug-likeness (QED) is 0.626. The molecule has 0 N–H and O–H groups in total. The van der Waals surface area contributed by atoms with Crippen molar-refractivity contribution in [2.45, 2.75) is 18.9 Å². The van der Waals surface area contributed by atoms with Crippen LogP contribution in [-0.2, 0) is 4.74 Å². The fourth-order valence-electron chi connectivity index (χ4n) is 3.98. The largest absolute Gasteiger partial charge is 0.490 e. The molecule has 160 valence electrons. The van der Waals surface area contributed by atoms with Gasteiger partial charge in [-0.15, -0.1) is 0 Å². The summed E-state index contributed by atoms with van der Waals surface area (Å²) in [6.45, 7) is 5.91. The Kier molecular flexibility index (Phi) is 7.21. The summed E-state index contributed by atoms with van der Waals surface area (Å²) in [7, 11) is 0. The molecule has 6 nitrogen and oxygen atoms in total. The minimum absolute atomic E-state index is 0.0337. The number of hydrogen-bond acceptors (Lipinski definition) is 5. The molecule has 0 aliphatic carbocycles. The van der Waals surface area contributed by atoms with Crippen molar-refractivity contribution < 1.29 is 19.0 Å². The van der Waals surface area contributed by atoms with Gasteiger partial charge >= 0.3 is 0 Å². The van der Waals surface area contributed by atoms with Crippen molar-refractivity contribution in [3.05, 3.63) is 60.2 Å². The average Bonchev–Trinajstić information content (AvgIpc) is 3.31. The summed E-state index contributed by atoms with van der Waals surface area (Å²) in [4.78, 5) is 17.4. The van der Waals surface area contributed by atoms with Gasteiger partial charge in [-0.05, 0) is 37.1 Å². The summed E-state index contributed by atoms with van der Waals surface area (Å²) in [6.07, 6.45) is 2.67. The summed E-state index contributed by atoms with van der Waals surface area (Å²) in [6, 6.07) is 17.1. The third-order valence-corrected chi connectivity index (χ3v) is 5.62. The summed E-state index contributed by atoms with van der Waals surface area (Å²) >= 11 is 0. The molecule has 6 heteroatoms. The van der Waals surface area contributed by atoms with E-state index in [1.54, 1.807) is 0 Å². The molecule has 0 bridgehead atoms. The zero-order chi connectivity index (χ0) is 20.6. The Morgan fingerprint density at radius 1 is 0.933 bits per heavy atom. The lowest BCUT2D eigenvalue weighted by Crippen LogP contribution is -2.50. The molecule has 2 aromatic carbocycles. The second-order valence-electron chi connectivity index (χ2n) is 7.73. The molecular formula is C24H30N2O4. The highest BCUT2D eigenvalue weighted by Crippen LogP contribution is 2.21. The van der Waals surface area contributed by atoms with Crippen LogP contribution in [0.2, 0.25) is 0 Å². The van der Waals surface area contributed by atoms with Gasteiger partial charge in [0.15, 0.2) is 0 Å². The maximum absolute atomic E-state index is 13.1. The fourth-order valence-corrected chi connectivity index (χ4v) is 3.98. The van der Waals surface area contributed by atoms with Crippen LogP contribution >= 0.6 is 0 Å². The minimum Gasteiger partial charge on any atom is -0.490 e. The molecule has 2 aromatic rings. The first-order chi connectivity index (χ1) is 14.8. The number of piperazine rings is 1. The molecule has 4 rings (SSSR count). The molecule has 1 atom stereocenters. The molecular weight excluding hydrogens is 380 g/mol. The van der Waals surface area contributed by atoms with Crippen LogP contribution in [0.5, 0.6) is 11.5 Å². The van der Waals surface area contributed by atoms with E-state index in [-0.39, 0.29) is 5.91 Å². The molecule has 0 aromatic heterocycles. The summed E-state index contributed by atoms with van der Waals surface area (Å²) in [5.41, 5.74) is 0.616. The van der Waals surface area contributed by atoms with E-state index in [1.165, 1.54) is 0 Å². The second-order valence-corrected chi connectivity index (χ2v) is 7.73. The number of carbonyl (C=O) groups is 1. The van der Waals surface area contributed by atoms with Crippen LogP contribution in [0.25, 0.3) is 0 Å². The molecule has 2 heterocycles. The molecule has 0 saturated carbocycles. The molecule has 2 aliphatic rings. The van der Waals surface area contributed by atoms with Gasteiger partial charge in [0.1, 0.15) is 24.7 Å². The van der Waals surface area contributed by atoms with E-state index in [0.29, 0.717) is 30.6 Å². The van der Waals surface area contributed by atoms with E-state index < -0.39 is 0 Å². The first kappa shape index (κ1) is 20.7. The van der Waals surface area contributed by atoms with E-state index in [1.807, 2.05) is 59.5 Å². The number of nitrogens with zero attached hydrogens (tertiary/aromatic N) is 2. The topological polar surface area (TPSA) is 51.2 Å². The first-order valence-corrected chi connectivity index (χ1v) is 10.8. The number of rotatable bonds is 8. The van der Waals surface area contributed by atoms with E-state index in [4.69, 9.17) is 14.2 Å². The predicted molar refractivity (Wildman–Crippen MR) is 115 cm³/mol. The Hall–Kier alpha value is -2.57. The van der Waals surface area contributed by atoms with Gasteiger partial charge in [-0.3, -0.25) is 9.69 Å². The minimum atomic E-state index is 0.0337. The molecule has 0 radical (unpaired) electrons. The zero-order valence-corrected chi connectivity index (χ0v) is 17.4. The third kappa shape index (κ3) is 5.52. The van der Waals surface area contributed by atoms with Crippen molar-refractivity contribution in [1.82, 2.24) is 9.80 Å². The van der Waals surface area contributed by atoms with E-state index in [0.717, 1.165) is 57.9 Å². The second kappa shape index (κ2) is 10.5. The van der Waals surface area contributed by atoms with Crippen LogP contribution in [0.15, 0.2) is 54.6 Å².